The molecular weight excluding hydrogens is 386 g/mol. The van der Waals surface area contributed by atoms with E-state index >= 15 is 0 Å². The van der Waals surface area contributed by atoms with Crippen LogP contribution in [0.5, 0.6) is 0 Å². The lowest BCUT2D eigenvalue weighted by Gasteiger charge is -2.20. The number of anilines is 2. The fourth-order valence-electron chi connectivity index (χ4n) is 3.13. The fraction of sp³-hybridized carbons (Fsp3) is 0.409. The summed E-state index contributed by atoms with van der Waals surface area (Å²) < 4.78 is 27.7. The molecule has 158 valence electrons. The zero-order chi connectivity index (χ0) is 21.3. The number of amides is 1. The number of carbonyl (C=O) groups excluding carboxylic acids is 1. The molecule has 0 spiro atoms. The number of rotatable bonds is 11. The van der Waals surface area contributed by atoms with Gasteiger partial charge in [0.15, 0.2) is 0 Å². The average molecular weight is 418 g/mol. The highest BCUT2D eigenvalue weighted by atomic mass is 32.2. The molecule has 1 amide bonds. The maximum Gasteiger partial charge on any atom is 0.261 e. The van der Waals surface area contributed by atoms with Gasteiger partial charge in [0.25, 0.3) is 10.0 Å². The smallest absolute Gasteiger partial charge is 0.261 e. The third kappa shape index (κ3) is 7.51. The number of benzene rings is 2. The summed E-state index contributed by atoms with van der Waals surface area (Å²) >= 11 is 0. The molecule has 2 rings (SSSR count). The molecule has 0 aliphatic rings. The second-order valence-corrected chi connectivity index (χ2v) is 8.78. The molecule has 7 heteroatoms. The van der Waals surface area contributed by atoms with Crippen LogP contribution in [0.15, 0.2) is 53.4 Å². The van der Waals surface area contributed by atoms with E-state index in [1.54, 1.807) is 24.3 Å². The molecular formula is C22H31N3O3S. The summed E-state index contributed by atoms with van der Waals surface area (Å²) in [5, 5.41) is 2.62. The number of hydrogen-bond acceptors (Lipinski definition) is 4. The van der Waals surface area contributed by atoms with E-state index in [0.717, 1.165) is 38.9 Å². The first-order valence-electron chi connectivity index (χ1n) is 10.1. The standard InChI is InChI=1S/C22H31N3O3S/c1-4-15-25(16-5-2)17-14-19-6-8-21(9-7-19)24-29(27,28)22-12-10-20(11-13-22)23-18(3)26/h6-13,24H,4-5,14-17H2,1-3H3,(H,23,26). The number of nitrogens with one attached hydrogen (secondary N) is 2. The maximum atomic E-state index is 12.6. The summed E-state index contributed by atoms with van der Waals surface area (Å²) in [5.41, 5.74) is 2.27. The lowest BCUT2D eigenvalue weighted by Crippen LogP contribution is -2.27. The van der Waals surface area contributed by atoms with Gasteiger partial charge in [0.05, 0.1) is 4.90 Å². The predicted molar refractivity (Wildman–Crippen MR) is 119 cm³/mol. The molecule has 0 aromatic heterocycles. The van der Waals surface area contributed by atoms with Gasteiger partial charge in [0, 0.05) is 24.8 Å². The number of sulfonamides is 1. The van der Waals surface area contributed by atoms with Gasteiger partial charge in [0.1, 0.15) is 0 Å². The van der Waals surface area contributed by atoms with Crippen molar-refractivity contribution in [3.63, 3.8) is 0 Å². The van der Waals surface area contributed by atoms with Crippen molar-refractivity contribution in [1.29, 1.82) is 0 Å². The van der Waals surface area contributed by atoms with Crippen molar-refractivity contribution in [2.75, 3.05) is 29.7 Å². The Morgan fingerprint density at radius 2 is 1.41 bits per heavy atom. The molecule has 2 aromatic rings. The summed E-state index contributed by atoms with van der Waals surface area (Å²) in [6.07, 6.45) is 3.23. The van der Waals surface area contributed by atoms with Crippen LogP contribution < -0.4 is 10.0 Å². The molecule has 0 saturated carbocycles. The zero-order valence-electron chi connectivity index (χ0n) is 17.4. The van der Waals surface area contributed by atoms with Gasteiger partial charge in [-0.1, -0.05) is 26.0 Å². The largest absolute Gasteiger partial charge is 0.326 e. The van der Waals surface area contributed by atoms with Crippen LogP contribution in [-0.4, -0.2) is 38.9 Å². The van der Waals surface area contributed by atoms with Crippen LogP contribution in [-0.2, 0) is 21.2 Å². The van der Waals surface area contributed by atoms with E-state index in [1.165, 1.54) is 24.6 Å². The van der Waals surface area contributed by atoms with Gasteiger partial charge in [-0.2, -0.15) is 0 Å². The molecule has 0 aliphatic heterocycles. The molecule has 2 N–H and O–H groups in total. The number of carbonyl (C=O) groups is 1. The Kier molecular flexibility index (Phi) is 8.67. The quantitative estimate of drug-likeness (QED) is 0.577. The first kappa shape index (κ1) is 22.9. The molecule has 0 fully saturated rings. The Labute approximate surface area is 174 Å². The third-order valence-corrected chi connectivity index (χ3v) is 5.88. The molecule has 29 heavy (non-hydrogen) atoms. The first-order valence-corrected chi connectivity index (χ1v) is 11.5. The lowest BCUT2D eigenvalue weighted by atomic mass is 10.1. The average Bonchev–Trinajstić information content (AvgIpc) is 2.67. The van der Waals surface area contributed by atoms with Crippen LogP contribution in [0, 0.1) is 0 Å². The molecule has 0 unspecified atom stereocenters. The van der Waals surface area contributed by atoms with Crippen molar-refractivity contribution >= 4 is 27.3 Å². The molecule has 0 saturated heterocycles. The highest BCUT2D eigenvalue weighted by Crippen LogP contribution is 2.19. The van der Waals surface area contributed by atoms with Crippen molar-refractivity contribution in [3.05, 3.63) is 54.1 Å². The van der Waals surface area contributed by atoms with Crippen molar-refractivity contribution in [1.82, 2.24) is 4.90 Å². The van der Waals surface area contributed by atoms with Gasteiger partial charge in [-0.25, -0.2) is 8.42 Å². The van der Waals surface area contributed by atoms with Gasteiger partial charge in [-0.05, 0) is 74.3 Å². The Morgan fingerprint density at radius 1 is 0.862 bits per heavy atom. The molecule has 2 aromatic carbocycles. The summed E-state index contributed by atoms with van der Waals surface area (Å²) in [6.45, 7) is 9.00. The zero-order valence-corrected chi connectivity index (χ0v) is 18.3. The van der Waals surface area contributed by atoms with Crippen molar-refractivity contribution in [2.45, 2.75) is 44.9 Å². The summed E-state index contributed by atoms with van der Waals surface area (Å²) in [7, 11) is -3.68. The van der Waals surface area contributed by atoms with Crippen LogP contribution in [0.4, 0.5) is 11.4 Å². The van der Waals surface area contributed by atoms with Gasteiger partial charge in [-0.3, -0.25) is 9.52 Å². The second-order valence-electron chi connectivity index (χ2n) is 7.10. The lowest BCUT2D eigenvalue weighted by molar-refractivity contribution is -0.114. The van der Waals surface area contributed by atoms with Crippen LogP contribution in [0.1, 0.15) is 39.2 Å². The van der Waals surface area contributed by atoms with Crippen molar-refractivity contribution in [2.24, 2.45) is 0 Å². The van der Waals surface area contributed by atoms with Crippen molar-refractivity contribution in [3.8, 4) is 0 Å². The summed E-state index contributed by atoms with van der Waals surface area (Å²) in [6, 6.07) is 13.6. The molecule has 0 heterocycles. The Hall–Kier alpha value is -2.38. The van der Waals surface area contributed by atoms with Crippen LogP contribution in [0.25, 0.3) is 0 Å². The van der Waals surface area contributed by atoms with Crippen molar-refractivity contribution < 1.29 is 13.2 Å². The van der Waals surface area contributed by atoms with E-state index in [-0.39, 0.29) is 10.8 Å². The third-order valence-electron chi connectivity index (χ3n) is 4.49. The Balaban J connectivity index is 1.98. The second kappa shape index (κ2) is 11.0. The predicted octanol–water partition coefficient (Wildman–Crippen LogP) is 4.11. The number of hydrogen-bond donors (Lipinski definition) is 2. The minimum atomic E-state index is -3.68. The monoisotopic (exact) mass is 417 g/mol. The first-order chi connectivity index (χ1) is 13.8. The minimum absolute atomic E-state index is 0.144. The fourth-order valence-corrected chi connectivity index (χ4v) is 4.19. The summed E-state index contributed by atoms with van der Waals surface area (Å²) in [4.78, 5) is 13.7. The Morgan fingerprint density at radius 3 is 1.93 bits per heavy atom. The van der Waals surface area contributed by atoms with E-state index < -0.39 is 10.0 Å². The van der Waals surface area contributed by atoms with E-state index in [0.29, 0.717) is 11.4 Å². The summed E-state index contributed by atoms with van der Waals surface area (Å²) in [5.74, 6) is -0.202. The minimum Gasteiger partial charge on any atom is -0.326 e. The molecule has 0 radical (unpaired) electrons. The van der Waals surface area contributed by atoms with Crippen LogP contribution >= 0.6 is 0 Å². The topological polar surface area (TPSA) is 78.5 Å². The SMILES string of the molecule is CCCN(CCC)CCc1ccc(NS(=O)(=O)c2ccc(NC(C)=O)cc2)cc1. The molecule has 6 nitrogen and oxygen atoms in total. The Bertz CT molecular complexity index is 873. The molecule has 0 aliphatic carbocycles. The highest BCUT2D eigenvalue weighted by Gasteiger charge is 2.14. The van der Waals surface area contributed by atoms with E-state index in [2.05, 4.69) is 28.8 Å². The van der Waals surface area contributed by atoms with Crippen LogP contribution in [0.2, 0.25) is 0 Å². The normalized spacial score (nSPS) is 11.4. The van der Waals surface area contributed by atoms with E-state index in [4.69, 9.17) is 0 Å². The van der Waals surface area contributed by atoms with Gasteiger partial charge >= 0.3 is 0 Å². The van der Waals surface area contributed by atoms with Gasteiger partial charge < -0.3 is 10.2 Å². The highest BCUT2D eigenvalue weighted by molar-refractivity contribution is 7.92. The molecule has 0 bridgehead atoms. The van der Waals surface area contributed by atoms with Crippen LogP contribution in [0.3, 0.4) is 0 Å². The van der Waals surface area contributed by atoms with E-state index in [9.17, 15) is 13.2 Å². The number of nitrogens with zero attached hydrogens (tertiary/aromatic N) is 1. The van der Waals surface area contributed by atoms with Gasteiger partial charge in [0.2, 0.25) is 5.91 Å². The van der Waals surface area contributed by atoms with Gasteiger partial charge in [-0.15, -0.1) is 0 Å². The molecule has 0 atom stereocenters. The van der Waals surface area contributed by atoms with E-state index in [1.807, 2.05) is 12.1 Å². The maximum absolute atomic E-state index is 12.6.